The number of anilines is 4. The second-order valence-corrected chi connectivity index (χ2v) is 10.1. The largest absolute Gasteiger partial charge is 0.458 e. The van der Waals surface area contributed by atoms with Crippen molar-refractivity contribution >= 4 is 35.0 Å². The fourth-order valence-electron chi connectivity index (χ4n) is 4.59. The fourth-order valence-corrected chi connectivity index (χ4v) is 4.83. The van der Waals surface area contributed by atoms with Crippen molar-refractivity contribution in [3.05, 3.63) is 88.6 Å². The summed E-state index contributed by atoms with van der Waals surface area (Å²) >= 11 is 6.33. The molecule has 43 heavy (non-hydrogen) atoms. The molecule has 2 aromatic heterocycles. The number of pyridine rings is 1. The Morgan fingerprint density at radius 2 is 1.65 bits per heavy atom. The molecule has 1 atom stereocenters. The Labute approximate surface area is 247 Å². The predicted octanol–water partition coefficient (Wildman–Crippen LogP) is 7.00. The molecule has 0 aliphatic carbocycles. The molecule has 1 aliphatic rings. The summed E-state index contributed by atoms with van der Waals surface area (Å²) in [4.78, 5) is 21.2. The van der Waals surface area contributed by atoms with E-state index in [-0.39, 0.29) is 35.2 Å². The molecule has 1 saturated heterocycles. The number of halogens is 7. The van der Waals surface area contributed by atoms with Crippen molar-refractivity contribution in [2.45, 2.75) is 31.9 Å². The minimum Gasteiger partial charge on any atom is -0.458 e. The Morgan fingerprint density at radius 3 is 2.33 bits per heavy atom. The van der Waals surface area contributed by atoms with Gasteiger partial charge in [-0.15, -0.1) is 0 Å². The number of nitrogens with one attached hydrogen (secondary N) is 1. The number of benzene rings is 2. The number of ether oxygens (including phenoxy) is 1. The molecule has 1 aliphatic heterocycles. The Balaban J connectivity index is 1.42. The van der Waals surface area contributed by atoms with Gasteiger partial charge in [-0.3, -0.25) is 0 Å². The summed E-state index contributed by atoms with van der Waals surface area (Å²) in [5.41, 5.74) is -1.56. The molecule has 0 spiro atoms. The van der Waals surface area contributed by atoms with E-state index in [1.54, 1.807) is 18.3 Å². The lowest BCUT2D eigenvalue weighted by Crippen LogP contribution is -2.53. The van der Waals surface area contributed by atoms with Crippen LogP contribution in [0.25, 0.3) is 0 Å². The summed E-state index contributed by atoms with van der Waals surface area (Å²) in [5.74, 6) is 0.734. The maximum atomic E-state index is 13.5. The van der Waals surface area contributed by atoms with Crippen LogP contribution in [0.4, 0.5) is 49.7 Å². The fraction of sp³-hybridized carbons (Fsp3) is 0.286. The highest BCUT2D eigenvalue weighted by Crippen LogP contribution is 2.33. The molecule has 8 nitrogen and oxygen atoms in total. The quantitative estimate of drug-likeness (QED) is 0.221. The third-order valence-electron chi connectivity index (χ3n) is 6.67. The Bertz CT molecular complexity index is 1570. The zero-order chi connectivity index (χ0) is 30.8. The van der Waals surface area contributed by atoms with Gasteiger partial charge >= 0.3 is 18.4 Å². The van der Waals surface area contributed by atoms with Gasteiger partial charge in [-0.25, -0.2) is 4.98 Å². The first-order valence-electron chi connectivity index (χ1n) is 13.0. The van der Waals surface area contributed by atoms with Gasteiger partial charge in [0.2, 0.25) is 11.9 Å². The Morgan fingerprint density at radius 1 is 0.907 bits per heavy atom. The van der Waals surface area contributed by atoms with E-state index < -0.39 is 30.1 Å². The SMILES string of the molecule is CC1CN(c2ncccc2Cl)CCN1c1nc(Nc2ccc(C(F)(F)F)cc2)nc(OCc2ccccc2C(F)(F)F)n1. The molecular weight excluding hydrogens is 600 g/mol. The van der Waals surface area contributed by atoms with Crippen LogP contribution in [0.3, 0.4) is 0 Å². The van der Waals surface area contributed by atoms with E-state index in [0.717, 1.165) is 18.2 Å². The summed E-state index contributed by atoms with van der Waals surface area (Å²) in [6, 6.07) is 12.2. The van der Waals surface area contributed by atoms with Gasteiger partial charge in [0.05, 0.1) is 16.1 Å². The Kier molecular flexibility index (Phi) is 8.49. The van der Waals surface area contributed by atoms with Gasteiger partial charge in [0.1, 0.15) is 12.4 Å². The van der Waals surface area contributed by atoms with E-state index in [4.69, 9.17) is 16.3 Å². The molecule has 5 rings (SSSR count). The third kappa shape index (κ3) is 7.19. The summed E-state index contributed by atoms with van der Waals surface area (Å²) in [7, 11) is 0. The number of rotatable bonds is 7. The predicted molar refractivity (Wildman–Crippen MR) is 149 cm³/mol. The van der Waals surface area contributed by atoms with Crippen molar-refractivity contribution in [1.82, 2.24) is 19.9 Å². The maximum absolute atomic E-state index is 13.5. The van der Waals surface area contributed by atoms with Crippen LogP contribution in [0.2, 0.25) is 5.02 Å². The average Bonchev–Trinajstić information content (AvgIpc) is 2.96. The van der Waals surface area contributed by atoms with E-state index in [1.807, 2.05) is 16.7 Å². The van der Waals surface area contributed by atoms with Crippen LogP contribution in [0.1, 0.15) is 23.6 Å². The molecule has 0 saturated carbocycles. The molecule has 0 amide bonds. The first-order valence-corrected chi connectivity index (χ1v) is 13.4. The summed E-state index contributed by atoms with van der Waals surface area (Å²) in [6.45, 7) is 2.87. The van der Waals surface area contributed by atoms with Gasteiger partial charge in [0.25, 0.3) is 0 Å². The highest BCUT2D eigenvalue weighted by atomic mass is 35.5. The number of nitrogens with zero attached hydrogens (tertiary/aromatic N) is 6. The van der Waals surface area contributed by atoms with Crippen LogP contribution in [0.5, 0.6) is 6.01 Å². The summed E-state index contributed by atoms with van der Waals surface area (Å²) in [5, 5.41) is 3.34. The summed E-state index contributed by atoms with van der Waals surface area (Å²) in [6.07, 6.45) is -7.46. The van der Waals surface area contributed by atoms with Gasteiger partial charge < -0.3 is 19.9 Å². The molecule has 15 heteroatoms. The van der Waals surface area contributed by atoms with Crippen molar-refractivity contribution in [3.8, 4) is 6.01 Å². The molecule has 4 aromatic rings. The first kappa shape index (κ1) is 30.1. The van der Waals surface area contributed by atoms with E-state index >= 15 is 0 Å². The van der Waals surface area contributed by atoms with Crippen LogP contribution < -0.4 is 19.9 Å². The minimum atomic E-state index is -4.59. The molecule has 0 radical (unpaired) electrons. The van der Waals surface area contributed by atoms with E-state index in [9.17, 15) is 26.3 Å². The molecule has 1 fully saturated rings. The minimum absolute atomic E-state index is 0.0636. The molecular formula is C28H24ClF6N7O. The maximum Gasteiger partial charge on any atom is 0.416 e. The highest BCUT2D eigenvalue weighted by molar-refractivity contribution is 6.32. The molecule has 2 aromatic carbocycles. The second kappa shape index (κ2) is 12.1. The van der Waals surface area contributed by atoms with E-state index in [1.165, 1.54) is 30.3 Å². The molecule has 3 heterocycles. The van der Waals surface area contributed by atoms with Crippen LogP contribution in [0.15, 0.2) is 66.9 Å². The van der Waals surface area contributed by atoms with Crippen LogP contribution in [0, 0.1) is 0 Å². The monoisotopic (exact) mass is 623 g/mol. The molecule has 1 N–H and O–H groups in total. The standard InChI is InChI=1S/C28H24ClF6N7O/c1-17-15-41(23-22(29)7-4-12-36-23)13-14-42(17)25-38-24(37-20-10-8-19(9-11-20)27(30,31)32)39-26(40-25)43-16-18-5-2-3-6-21(18)28(33,34)35/h2-12,17H,13-16H2,1H3,(H,37,38,39,40). The van der Waals surface area contributed by atoms with Gasteiger partial charge in [-0.1, -0.05) is 29.8 Å². The number of aromatic nitrogens is 4. The van der Waals surface area contributed by atoms with Crippen LogP contribution in [-0.2, 0) is 19.0 Å². The van der Waals surface area contributed by atoms with Gasteiger partial charge in [0.15, 0.2) is 0 Å². The first-order chi connectivity index (χ1) is 20.4. The Hall–Kier alpha value is -4.33. The highest BCUT2D eigenvalue weighted by Gasteiger charge is 2.34. The molecule has 226 valence electrons. The van der Waals surface area contributed by atoms with Crippen LogP contribution in [-0.4, -0.2) is 45.6 Å². The third-order valence-corrected chi connectivity index (χ3v) is 6.97. The van der Waals surface area contributed by atoms with Crippen molar-refractivity contribution < 1.29 is 31.1 Å². The van der Waals surface area contributed by atoms with Crippen molar-refractivity contribution in [3.63, 3.8) is 0 Å². The lowest BCUT2D eigenvalue weighted by Gasteiger charge is -2.40. The average molecular weight is 624 g/mol. The van der Waals surface area contributed by atoms with Crippen molar-refractivity contribution in [1.29, 1.82) is 0 Å². The number of alkyl halides is 6. The van der Waals surface area contributed by atoms with Gasteiger partial charge in [0, 0.05) is 43.1 Å². The lowest BCUT2D eigenvalue weighted by molar-refractivity contribution is -0.139. The molecule has 0 bridgehead atoms. The number of hydrogen-bond acceptors (Lipinski definition) is 8. The smallest absolute Gasteiger partial charge is 0.416 e. The number of piperazine rings is 1. The van der Waals surface area contributed by atoms with E-state index in [2.05, 4.69) is 25.3 Å². The second-order valence-electron chi connectivity index (χ2n) is 9.68. The summed E-state index contributed by atoms with van der Waals surface area (Å²) < 4.78 is 85.2. The van der Waals surface area contributed by atoms with Gasteiger partial charge in [-0.2, -0.15) is 41.3 Å². The van der Waals surface area contributed by atoms with Crippen LogP contribution >= 0.6 is 11.6 Å². The number of hydrogen-bond donors (Lipinski definition) is 1. The van der Waals surface area contributed by atoms with Gasteiger partial charge in [-0.05, 0) is 49.4 Å². The topological polar surface area (TPSA) is 79.3 Å². The molecule has 1 unspecified atom stereocenters. The normalized spacial score (nSPS) is 15.9. The lowest BCUT2D eigenvalue weighted by atomic mass is 10.1. The zero-order valence-corrected chi connectivity index (χ0v) is 23.2. The van der Waals surface area contributed by atoms with Crippen molar-refractivity contribution in [2.24, 2.45) is 0 Å². The van der Waals surface area contributed by atoms with Crippen molar-refractivity contribution in [2.75, 3.05) is 34.8 Å². The van der Waals surface area contributed by atoms with E-state index in [0.29, 0.717) is 30.5 Å². The zero-order valence-electron chi connectivity index (χ0n) is 22.5.